The summed E-state index contributed by atoms with van der Waals surface area (Å²) in [6, 6.07) is 20.7. The molecule has 30 heavy (non-hydrogen) atoms. The Hall–Kier alpha value is -3.58. The van der Waals surface area contributed by atoms with Gasteiger partial charge in [0.2, 0.25) is 11.8 Å². The van der Waals surface area contributed by atoms with E-state index < -0.39 is 11.9 Å². The maximum Gasteiger partial charge on any atom is 0.331 e. The Labute approximate surface area is 178 Å². The number of carboxylic acid groups (broad SMARTS) is 1. The zero-order chi connectivity index (χ0) is 21.5. The highest BCUT2D eigenvalue weighted by molar-refractivity contribution is 8.00. The normalized spacial score (nSPS) is 11.2. The average Bonchev–Trinajstić information content (AvgIpc) is 2.73. The van der Waals surface area contributed by atoms with E-state index in [1.54, 1.807) is 24.3 Å². The molecule has 152 valence electrons. The van der Waals surface area contributed by atoms with Crippen molar-refractivity contribution in [2.45, 2.75) is 11.8 Å². The number of anilines is 2. The molecular formula is C23H20N2O4S. The van der Waals surface area contributed by atoms with Gasteiger partial charge in [0.05, 0.1) is 5.75 Å². The largest absolute Gasteiger partial charge is 0.478 e. The van der Waals surface area contributed by atoms with Gasteiger partial charge in [-0.3, -0.25) is 9.59 Å². The van der Waals surface area contributed by atoms with Gasteiger partial charge in [0, 0.05) is 27.9 Å². The Morgan fingerprint density at radius 2 is 1.57 bits per heavy atom. The summed E-state index contributed by atoms with van der Waals surface area (Å²) < 4.78 is 0. The van der Waals surface area contributed by atoms with Crippen LogP contribution >= 0.6 is 11.8 Å². The molecule has 0 spiro atoms. The molecule has 0 radical (unpaired) electrons. The van der Waals surface area contributed by atoms with E-state index in [9.17, 15) is 14.4 Å². The van der Waals surface area contributed by atoms with Gasteiger partial charge in [0.25, 0.3) is 0 Å². The molecule has 0 heterocycles. The van der Waals surface area contributed by atoms with Gasteiger partial charge in [-0.05, 0) is 54.1 Å². The molecule has 3 N–H and O–H groups in total. The monoisotopic (exact) mass is 420 g/mol. The van der Waals surface area contributed by atoms with E-state index in [-0.39, 0.29) is 17.2 Å². The number of benzene rings is 3. The molecule has 0 aliphatic rings. The Morgan fingerprint density at radius 3 is 2.27 bits per heavy atom. The molecule has 0 atom stereocenters. The minimum absolute atomic E-state index is 0.0444. The number of carboxylic acids is 1. The van der Waals surface area contributed by atoms with Gasteiger partial charge >= 0.3 is 5.97 Å². The predicted molar refractivity (Wildman–Crippen MR) is 120 cm³/mol. The Bertz CT molecular complexity index is 1120. The van der Waals surface area contributed by atoms with E-state index >= 15 is 0 Å². The molecule has 3 rings (SSSR count). The number of nitrogens with one attached hydrogen (secondary N) is 2. The number of amides is 2. The van der Waals surface area contributed by atoms with E-state index in [0.717, 1.165) is 27.4 Å². The lowest BCUT2D eigenvalue weighted by Crippen LogP contribution is -2.13. The topological polar surface area (TPSA) is 95.5 Å². The van der Waals surface area contributed by atoms with Crippen molar-refractivity contribution >= 4 is 51.7 Å². The highest BCUT2D eigenvalue weighted by atomic mass is 32.2. The highest BCUT2D eigenvalue weighted by Crippen LogP contribution is 2.22. The van der Waals surface area contributed by atoms with Gasteiger partial charge in [-0.25, -0.2) is 4.79 Å². The third kappa shape index (κ3) is 5.96. The first-order valence-electron chi connectivity index (χ1n) is 9.15. The average molecular weight is 420 g/mol. The minimum atomic E-state index is -1.14. The highest BCUT2D eigenvalue weighted by Gasteiger charge is 2.07. The molecule has 0 aliphatic heterocycles. The van der Waals surface area contributed by atoms with E-state index in [2.05, 4.69) is 10.6 Å². The van der Waals surface area contributed by atoms with Crippen LogP contribution in [-0.4, -0.2) is 28.6 Å². The summed E-state index contributed by atoms with van der Waals surface area (Å²) in [5.74, 6) is -1.51. The smallest absolute Gasteiger partial charge is 0.331 e. The third-order valence-corrected chi connectivity index (χ3v) is 5.22. The van der Waals surface area contributed by atoms with Crippen molar-refractivity contribution < 1.29 is 19.5 Å². The van der Waals surface area contributed by atoms with Crippen LogP contribution in [0.3, 0.4) is 0 Å². The summed E-state index contributed by atoms with van der Waals surface area (Å²) >= 11 is 1.38. The van der Waals surface area contributed by atoms with Crippen LogP contribution < -0.4 is 10.6 Å². The lowest BCUT2D eigenvalue weighted by molar-refractivity contribution is -0.132. The van der Waals surface area contributed by atoms with Crippen molar-refractivity contribution in [3.63, 3.8) is 0 Å². The molecule has 0 saturated carbocycles. The van der Waals surface area contributed by atoms with Crippen LogP contribution in [0.4, 0.5) is 11.4 Å². The molecule has 0 aromatic heterocycles. The van der Waals surface area contributed by atoms with Crippen LogP contribution in [0, 0.1) is 0 Å². The number of carbonyl (C=O) groups excluding carboxylic acids is 2. The van der Waals surface area contributed by atoms with Crippen molar-refractivity contribution in [3.05, 3.63) is 78.4 Å². The summed E-state index contributed by atoms with van der Waals surface area (Å²) in [5.41, 5.74) is 1.25. The van der Waals surface area contributed by atoms with Crippen LogP contribution in [0.5, 0.6) is 0 Å². The number of hydrogen-bond donors (Lipinski definition) is 3. The van der Waals surface area contributed by atoms with Crippen molar-refractivity contribution in [1.82, 2.24) is 0 Å². The van der Waals surface area contributed by atoms with Crippen LogP contribution in [0.2, 0.25) is 0 Å². The number of rotatable bonds is 7. The number of hydrogen-bond acceptors (Lipinski definition) is 4. The second kappa shape index (κ2) is 9.76. The molecule has 3 aromatic rings. The third-order valence-electron chi connectivity index (χ3n) is 4.21. The van der Waals surface area contributed by atoms with Gasteiger partial charge in [0.15, 0.2) is 0 Å². The zero-order valence-corrected chi connectivity index (χ0v) is 17.0. The molecule has 0 aliphatic carbocycles. The fraction of sp³-hybridized carbons (Fsp3) is 0.0870. The first kappa shape index (κ1) is 21.1. The van der Waals surface area contributed by atoms with E-state index in [1.165, 1.54) is 18.7 Å². The summed E-state index contributed by atoms with van der Waals surface area (Å²) in [7, 11) is 0. The summed E-state index contributed by atoms with van der Waals surface area (Å²) in [5, 5.41) is 16.5. The standard InChI is InChI=1S/C23H20N2O4S/c1-15(23(28)29)12-21(26)24-18-8-10-20(11-9-18)30-14-22(27)25-19-7-6-16-4-2-3-5-17(16)13-19/h2-13H,14H2,1H3,(H,24,26)(H,25,27)(H,28,29)/b15-12+. The Balaban J connectivity index is 1.51. The lowest BCUT2D eigenvalue weighted by Gasteiger charge is -2.07. The van der Waals surface area contributed by atoms with E-state index in [1.807, 2.05) is 42.5 Å². The number of aliphatic carboxylic acids is 1. The summed E-state index contributed by atoms with van der Waals surface area (Å²) in [6.07, 6.45) is 1.03. The Morgan fingerprint density at radius 1 is 0.900 bits per heavy atom. The second-order valence-electron chi connectivity index (χ2n) is 6.54. The van der Waals surface area contributed by atoms with Gasteiger partial charge < -0.3 is 15.7 Å². The molecular weight excluding hydrogens is 400 g/mol. The first-order valence-corrected chi connectivity index (χ1v) is 10.1. The van der Waals surface area contributed by atoms with Crippen molar-refractivity contribution in [2.24, 2.45) is 0 Å². The lowest BCUT2D eigenvalue weighted by atomic mass is 10.1. The van der Waals surface area contributed by atoms with Crippen LogP contribution in [-0.2, 0) is 14.4 Å². The first-order chi connectivity index (χ1) is 14.4. The number of carbonyl (C=O) groups is 3. The van der Waals surface area contributed by atoms with Crippen molar-refractivity contribution in [3.8, 4) is 0 Å². The van der Waals surface area contributed by atoms with Gasteiger partial charge in [-0.1, -0.05) is 30.3 Å². The molecule has 0 saturated heterocycles. The minimum Gasteiger partial charge on any atom is -0.478 e. The molecule has 7 heteroatoms. The van der Waals surface area contributed by atoms with Crippen LogP contribution in [0.15, 0.2) is 83.3 Å². The number of fused-ring (bicyclic) bond motifs is 1. The van der Waals surface area contributed by atoms with Crippen LogP contribution in [0.25, 0.3) is 10.8 Å². The fourth-order valence-corrected chi connectivity index (χ4v) is 3.38. The van der Waals surface area contributed by atoms with E-state index in [4.69, 9.17) is 5.11 Å². The fourth-order valence-electron chi connectivity index (χ4n) is 2.68. The summed E-state index contributed by atoms with van der Waals surface area (Å²) in [6.45, 7) is 1.35. The maximum absolute atomic E-state index is 12.2. The quantitative estimate of drug-likeness (QED) is 0.385. The molecule has 0 unspecified atom stereocenters. The molecule has 0 fully saturated rings. The molecule has 3 aromatic carbocycles. The molecule has 0 bridgehead atoms. The zero-order valence-electron chi connectivity index (χ0n) is 16.2. The molecule has 6 nitrogen and oxygen atoms in total. The SMILES string of the molecule is C/C(=C\C(=O)Nc1ccc(SCC(=O)Nc2ccc3ccccc3c2)cc1)C(=O)O. The van der Waals surface area contributed by atoms with Gasteiger partial charge in [-0.15, -0.1) is 11.8 Å². The van der Waals surface area contributed by atoms with Gasteiger partial charge in [-0.2, -0.15) is 0 Å². The summed E-state index contributed by atoms with van der Waals surface area (Å²) in [4.78, 5) is 35.6. The second-order valence-corrected chi connectivity index (χ2v) is 7.59. The predicted octanol–water partition coefficient (Wildman–Crippen LogP) is 4.54. The maximum atomic E-state index is 12.2. The van der Waals surface area contributed by atoms with Crippen molar-refractivity contribution in [2.75, 3.05) is 16.4 Å². The molecule has 2 amide bonds. The number of thioether (sulfide) groups is 1. The van der Waals surface area contributed by atoms with Crippen LogP contribution in [0.1, 0.15) is 6.92 Å². The van der Waals surface area contributed by atoms with Gasteiger partial charge in [0.1, 0.15) is 0 Å². The van der Waals surface area contributed by atoms with E-state index in [0.29, 0.717) is 5.69 Å². The van der Waals surface area contributed by atoms with Crippen molar-refractivity contribution in [1.29, 1.82) is 0 Å². The Kier molecular flexibility index (Phi) is 6.87.